The maximum atomic E-state index is 9.34. The van der Waals surface area contributed by atoms with Crippen molar-refractivity contribution in [3.63, 3.8) is 0 Å². The number of aromatic nitrogens is 2. The number of fused-ring (bicyclic) bond motifs is 1. The molecule has 0 spiro atoms. The van der Waals surface area contributed by atoms with Crippen molar-refractivity contribution in [3.8, 4) is 0 Å². The van der Waals surface area contributed by atoms with Crippen molar-refractivity contribution in [2.45, 2.75) is 20.1 Å². The molecular weight excluding hydrogens is 230 g/mol. The van der Waals surface area contributed by atoms with Crippen molar-refractivity contribution in [2.75, 3.05) is 19.7 Å². The van der Waals surface area contributed by atoms with E-state index in [9.17, 15) is 5.11 Å². The summed E-state index contributed by atoms with van der Waals surface area (Å²) >= 11 is 0. The van der Waals surface area contributed by atoms with E-state index < -0.39 is 0 Å². The molecule has 0 radical (unpaired) electrons. The lowest BCUT2D eigenvalue weighted by molar-refractivity contribution is 0.197. The van der Waals surface area contributed by atoms with Crippen molar-refractivity contribution >= 4 is 5.52 Å². The number of aliphatic hydroxyl groups is 2. The highest BCUT2D eigenvalue weighted by molar-refractivity contribution is 5.60. The third kappa shape index (κ3) is 2.53. The minimum Gasteiger partial charge on any atom is -0.395 e. The first kappa shape index (κ1) is 13.0. The SMILES string of the molecule is CCN(CCO)Cc1cccn2ncc(CO)c12. The lowest BCUT2D eigenvalue weighted by atomic mass is 10.1. The van der Waals surface area contributed by atoms with E-state index in [1.165, 1.54) is 0 Å². The molecule has 98 valence electrons. The molecule has 0 unspecified atom stereocenters. The molecule has 2 aromatic rings. The Bertz CT molecular complexity index is 510. The van der Waals surface area contributed by atoms with Gasteiger partial charge in [-0.05, 0) is 18.2 Å². The average Bonchev–Trinajstić information content (AvgIpc) is 2.82. The summed E-state index contributed by atoms with van der Waals surface area (Å²) in [5, 5.41) is 22.6. The van der Waals surface area contributed by atoms with E-state index in [0.717, 1.165) is 29.7 Å². The zero-order valence-corrected chi connectivity index (χ0v) is 10.6. The first-order chi connectivity index (χ1) is 8.80. The van der Waals surface area contributed by atoms with Gasteiger partial charge in [-0.25, -0.2) is 4.52 Å². The summed E-state index contributed by atoms with van der Waals surface area (Å²) in [6.07, 6.45) is 3.57. The van der Waals surface area contributed by atoms with E-state index in [2.05, 4.69) is 16.9 Å². The monoisotopic (exact) mass is 249 g/mol. The summed E-state index contributed by atoms with van der Waals surface area (Å²) in [6.45, 7) is 4.50. The van der Waals surface area contributed by atoms with Crippen LogP contribution in [0.2, 0.25) is 0 Å². The predicted molar refractivity (Wildman–Crippen MR) is 69.2 cm³/mol. The number of likely N-dealkylation sites (N-methyl/N-ethyl adjacent to an activating group) is 1. The van der Waals surface area contributed by atoms with Crippen molar-refractivity contribution in [3.05, 3.63) is 35.7 Å². The Balaban J connectivity index is 2.34. The van der Waals surface area contributed by atoms with Gasteiger partial charge in [0.15, 0.2) is 0 Å². The van der Waals surface area contributed by atoms with Crippen LogP contribution in [0.4, 0.5) is 0 Å². The van der Waals surface area contributed by atoms with Crippen LogP contribution in [0.5, 0.6) is 0 Å². The van der Waals surface area contributed by atoms with Crippen LogP contribution in [0.3, 0.4) is 0 Å². The van der Waals surface area contributed by atoms with Gasteiger partial charge in [-0.2, -0.15) is 5.10 Å². The van der Waals surface area contributed by atoms with E-state index in [1.54, 1.807) is 10.7 Å². The first-order valence-electron chi connectivity index (χ1n) is 6.18. The number of pyridine rings is 1. The zero-order valence-electron chi connectivity index (χ0n) is 10.6. The molecule has 0 saturated heterocycles. The van der Waals surface area contributed by atoms with Gasteiger partial charge < -0.3 is 10.2 Å². The average molecular weight is 249 g/mol. The fraction of sp³-hybridized carbons (Fsp3) is 0.462. The maximum Gasteiger partial charge on any atom is 0.0761 e. The van der Waals surface area contributed by atoms with E-state index in [-0.39, 0.29) is 13.2 Å². The number of aliphatic hydroxyl groups excluding tert-OH is 2. The predicted octanol–water partition coefficient (Wildman–Crippen LogP) is 0.641. The number of rotatable bonds is 6. The van der Waals surface area contributed by atoms with E-state index in [0.29, 0.717) is 6.54 Å². The fourth-order valence-corrected chi connectivity index (χ4v) is 2.16. The summed E-state index contributed by atoms with van der Waals surface area (Å²) in [6, 6.07) is 3.99. The Labute approximate surface area is 106 Å². The Hall–Kier alpha value is -1.43. The maximum absolute atomic E-state index is 9.34. The molecule has 2 rings (SSSR count). The molecule has 5 heteroatoms. The lowest BCUT2D eigenvalue weighted by Crippen LogP contribution is -2.26. The van der Waals surface area contributed by atoms with E-state index in [4.69, 9.17) is 5.11 Å². The molecule has 0 aromatic carbocycles. The third-order valence-corrected chi connectivity index (χ3v) is 3.13. The number of hydrogen-bond acceptors (Lipinski definition) is 4. The topological polar surface area (TPSA) is 61.0 Å². The highest BCUT2D eigenvalue weighted by Crippen LogP contribution is 2.17. The highest BCUT2D eigenvalue weighted by Gasteiger charge is 2.10. The summed E-state index contributed by atoms with van der Waals surface area (Å²) in [5.74, 6) is 0. The molecule has 2 aromatic heterocycles. The molecular formula is C13H19N3O2. The molecule has 2 heterocycles. The van der Waals surface area contributed by atoms with Gasteiger partial charge >= 0.3 is 0 Å². The van der Waals surface area contributed by atoms with Crippen molar-refractivity contribution in [1.29, 1.82) is 0 Å². The van der Waals surface area contributed by atoms with Crippen LogP contribution in [0.1, 0.15) is 18.1 Å². The third-order valence-electron chi connectivity index (χ3n) is 3.13. The van der Waals surface area contributed by atoms with Gasteiger partial charge in [0, 0.05) is 24.8 Å². The van der Waals surface area contributed by atoms with Gasteiger partial charge in [0.25, 0.3) is 0 Å². The molecule has 0 aliphatic rings. The van der Waals surface area contributed by atoms with Crippen molar-refractivity contribution < 1.29 is 10.2 Å². The Morgan fingerprint density at radius 3 is 2.83 bits per heavy atom. The summed E-state index contributed by atoms with van der Waals surface area (Å²) in [4.78, 5) is 2.16. The molecule has 0 amide bonds. The van der Waals surface area contributed by atoms with Crippen LogP contribution in [0.15, 0.2) is 24.5 Å². The molecule has 0 atom stereocenters. The van der Waals surface area contributed by atoms with Crippen molar-refractivity contribution in [1.82, 2.24) is 14.5 Å². The Kier molecular flexibility index (Phi) is 4.30. The quantitative estimate of drug-likeness (QED) is 0.789. The first-order valence-corrected chi connectivity index (χ1v) is 6.18. The molecule has 0 aliphatic heterocycles. The minimum atomic E-state index is -0.00730. The fourth-order valence-electron chi connectivity index (χ4n) is 2.16. The molecule has 2 N–H and O–H groups in total. The van der Waals surface area contributed by atoms with Crippen LogP contribution in [0.25, 0.3) is 5.52 Å². The van der Waals surface area contributed by atoms with Crippen molar-refractivity contribution in [2.24, 2.45) is 0 Å². The van der Waals surface area contributed by atoms with Gasteiger partial charge in [-0.1, -0.05) is 13.0 Å². The van der Waals surface area contributed by atoms with Gasteiger partial charge in [-0.3, -0.25) is 4.90 Å². The molecule has 0 fully saturated rings. The highest BCUT2D eigenvalue weighted by atomic mass is 16.3. The van der Waals surface area contributed by atoms with Crippen LogP contribution < -0.4 is 0 Å². The second-order valence-electron chi connectivity index (χ2n) is 4.25. The van der Waals surface area contributed by atoms with Gasteiger partial charge in [-0.15, -0.1) is 0 Å². The molecule has 5 nitrogen and oxygen atoms in total. The van der Waals surface area contributed by atoms with Gasteiger partial charge in [0.1, 0.15) is 0 Å². The molecule has 18 heavy (non-hydrogen) atoms. The van der Waals surface area contributed by atoms with Crippen LogP contribution in [-0.4, -0.2) is 44.4 Å². The smallest absolute Gasteiger partial charge is 0.0761 e. The normalized spacial score (nSPS) is 11.6. The molecule has 0 saturated carbocycles. The second kappa shape index (κ2) is 5.95. The van der Waals surface area contributed by atoms with Crippen LogP contribution in [-0.2, 0) is 13.2 Å². The summed E-state index contributed by atoms with van der Waals surface area (Å²) in [7, 11) is 0. The number of hydrogen-bond donors (Lipinski definition) is 2. The minimum absolute atomic E-state index is 0.00730. The Morgan fingerprint density at radius 1 is 1.33 bits per heavy atom. The molecule has 0 bridgehead atoms. The standard InChI is InChI=1S/C13H19N3O2/c1-2-15(6-7-17)9-11-4-3-5-16-13(11)12(10-18)8-14-16/h3-5,8,17-18H,2,6-7,9-10H2,1H3. The largest absolute Gasteiger partial charge is 0.395 e. The molecule has 0 aliphatic carbocycles. The Morgan fingerprint density at radius 2 is 2.17 bits per heavy atom. The number of nitrogens with zero attached hydrogens (tertiary/aromatic N) is 3. The lowest BCUT2D eigenvalue weighted by Gasteiger charge is -2.19. The van der Waals surface area contributed by atoms with Crippen LogP contribution >= 0.6 is 0 Å². The van der Waals surface area contributed by atoms with Gasteiger partial charge in [0.05, 0.1) is 24.9 Å². The zero-order chi connectivity index (χ0) is 13.0. The van der Waals surface area contributed by atoms with Crippen LogP contribution in [0, 0.1) is 0 Å². The summed E-state index contributed by atoms with van der Waals surface area (Å²) in [5.41, 5.74) is 2.93. The summed E-state index contributed by atoms with van der Waals surface area (Å²) < 4.78 is 1.79. The van der Waals surface area contributed by atoms with Gasteiger partial charge in [0.2, 0.25) is 0 Å². The second-order valence-corrected chi connectivity index (χ2v) is 4.25. The van der Waals surface area contributed by atoms with E-state index >= 15 is 0 Å². The van der Waals surface area contributed by atoms with E-state index in [1.807, 2.05) is 18.3 Å².